The average molecular weight is 197 g/mol. The highest BCUT2D eigenvalue weighted by Gasteiger charge is 2.22. The van der Waals surface area contributed by atoms with E-state index >= 15 is 0 Å². The van der Waals surface area contributed by atoms with Gasteiger partial charge in [-0.3, -0.25) is 10.1 Å². The summed E-state index contributed by atoms with van der Waals surface area (Å²) >= 11 is 0. The van der Waals surface area contributed by atoms with E-state index in [1.54, 1.807) is 24.1 Å². The molecule has 1 rings (SSSR count). The molecule has 1 aromatic heterocycles. The van der Waals surface area contributed by atoms with Crippen LogP contribution >= 0.6 is 0 Å². The molecular formula is C9H15N3O2. The Labute approximate surface area is 82.8 Å². The molecule has 0 aromatic carbocycles. The van der Waals surface area contributed by atoms with Crippen molar-refractivity contribution in [2.75, 3.05) is 0 Å². The number of aliphatic carboxylic acids is 1. The molecule has 0 radical (unpaired) electrons. The van der Waals surface area contributed by atoms with Gasteiger partial charge in [-0.1, -0.05) is 0 Å². The van der Waals surface area contributed by atoms with E-state index in [0.29, 0.717) is 5.69 Å². The summed E-state index contributed by atoms with van der Waals surface area (Å²) in [7, 11) is 1.78. The van der Waals surface area contributed by atoms with Crippen LogP contribution in [-0.2, 0) is 11.8 Å². The van der Waals surface area contributed by atoms with Crippen molar-refractivity contribution in [2.45, 2.75) is 25.9 Å². The van der Waals surface area contributed by atoms with Crippen LogP contribution in [0.15, 0.2) is 12.5 Å². The maximum atomic E-state index is 11.0. The highest BCUT2D eigenvalue weighted by Crippen LogP contribution is 2.12. The van der Waals surface area contributed by atoms with Gasteiger partial charge in [-0.05, 0) is 13.8 Å². The van der Waals surface area contributed by atoms with Gasteiger partial charge in [-0.15, -0.1) is 0 Å². The molecule has 0 spiro atoms. The molecule has 2 N–H and O–H groups in total. The molecule has 1 unspecified atom stereocenters. The molecule has 1 atom stereocenters. The zero-order valence-corrected chi connectivity index (χ0v) is 8.56. The van der Waals surface area contributed by atoms with E-state index in [9.17, 15) is 4.79 Å². The Bertz CT molecular complexity index is 320. The first-order valence-electron chi connectivity index (χ1n) is 4.47. The number of carboxylic acid groups (broad SMARTS) is 1. The predicted molar refractivity (Wildman–Crippen MR) is 51.9 cm³/mol. The third kappa shape index (κ3) is 2.32. The Kier molecular flexibility index (Phi) is 3.24. The second kappa shape index (κ2) is 4.23. The standard InChI is InChI=1S/C9H15N3O2/c1-6(2)11-8(9(13)14)7-4-10-5-12(7)3/h4-6,8,11H,1-3H3,(H,13,14). The minimum atomic E-state index is -0.887. The Balaban J connectivity index is 2.89. The van der Waals surface area contributed by atoms with Crippen molar-refractivity contribution < 1.29 is 9.90 Å². The van der Waals surface area contributed by atoms with Gasteiger partial charge in [0.1, 0.15) is 6.04 Å². The number of hydrogen-bond acceptors (Lipinski definition) is 3. The molecule has 0 aliphatic carbocycles. The van der Waals surface area contributed by atoms with Crippen molar-refractivity contribution in [2.24, 2.45) is 7.05 Å². The Hall–Kier alpha value is -1.36. The quantitative estimate of drug-likeness (QED) is 0.739. The van der Waals surface area contributed by atoms with Crippen LogP contribution in [0, 0.1) is 0 Å². The normalized spacial score (nSPS) is 13.1. The van der Waals surface area contributed by atoms with E-state index in [0.717, 1.165) is 0 Å². The van der Waals surface area contributed by atoms with Crippen molar-refractivity contribution in [3.63, 3.8) is 0 Å². The minimum Gasteiger partial charge on any atom is -0.480 e. The smallest absolute Gasteiger partial charge is 0.326 e. The van der Waals surface area contributed by atoms with Crippen LogP contribution in [0.2, 0.25) is 0 Å². The number of hydrogen-bond donors (Lipinski definition) is 2. The Morgan fingerprint density at radius 3 is 2.64 bits per heavy atom. The van der Waals surface area contributed by atoms with Crippen molar-refractivity contribution >= 4 is 5.97 Å². The van der Waals surface area contributed by atoms with Gasteiger partial charge >= 0.3 is 5.97 Å². The molecule has 14 heavy (non-hydrogen) atoms. The first-order valence-corrected chi connectivity index (χ1v) is 4.47. The van der Waals surface area contributed by atoms with Gasteiger partial charge < -0.3 is 9.67 Å². The van der Waals surface area contributed by atoms with Crippen LogP contribution in [0.25, 0.3) is 0 Å². The predicted octanol–water partition coefficient (Wildman–Crippen LogP) is 0.544. The lowest BCUT2D eigenvalue weighted by Gasteiger charge is -2.17. The fraction of sp³-hybridized carbons (Fsp3) is 0.556. The lowest BCUT2D eigenvalue weighted by Crippen LogP contribution is -2.34. The molecule has 0 fully saturated rings. The van der Waals surface area contributed by atoms with Gasteiger partial charge in [0.25, 0.3) is 0 Å². The summed E-state index contributed by atoms with van der Waals surface area (Å²) in [5.41, 5.74) is 0.659. The van der Waals surface area contributed by atoms with Gasteiger partial charge in [0.2, 0.25) is 0 Å². The van der Waals surface area contributed by atoms with Gasteiger partial charge in [-0.2, -0.15) is 0 Å². The molecule has 0 aliphatic heterocycles. The second-order valence-electron chi connectivity index (χ2n) is 3.52. The molecule has 0 aliphatic rings. The van der Waals surface area contributed by atoms with E-state index in [1.165, 1.54) is 0 Å². The molecule has 0 saturated carbocycles. The van der Waals surface area contributed by atoms with Gasteiger partial charge in [0.15, 0.2) is 0 Å². The highest BCUT2D eigenvalue weighted by molar-refractivity contribution is 5.74. The monoisotopic (exact) mass is 197 g/mol. The summed E-state index contributed by atoms with van der Waals surface area (Å²) in [5.74, 6) is -0.887. The summed E-state index contributed by atoms with van der Waals surface area (Å²) in [6.45, 7) is 3.82. The van der Waals surface area contributed by atoms with E-state index in [-0.39, 0.29) is 6.04 Å². The lowest BCUT2D eigenvalue weighted by atomic mass is 10.2. The van der Waals surface area contributed by atoms with Crippen LogP contribution in [0.1, 0.15) is 25.6 Å². The molecule has 0 amide bonds. The summed E-state index contributed by atoms with van der Waals surface area (Å²) in [6, 6.07) is -0.575. The average Bonchev–Trinajstić information content (AvgIpc) is 2.46. The lowest BCUT2D eigenvalue weighted by molar-refractivity contribution is -0.140. The zero-order valence-electron chi connectivity index (χ0n) is 8.56. The fourth-order valence-corrected chi connectivity index (χ4v) is 1.26. The number of carbonyl (C=O) groups is 1. The first kappa shape index (κ1) is 10.7. The third-order valence-electron chi connectivity index (χ3n) is 1.90. The topological polar surface area (TPSA) is 67.2 Å². The number of rotatable bonds is 4. The van der Waals surface area contributed by atoms with Gasteiger partial charge in [0, 0.05) is 13.1 Å². The van der Waals surface area contributed by atoms with Crippen LogP contribution < -0.4 is 5.32 Å². The Morgan fingerprint density at radius 2 is 2.29 bits per heavy atom. The zero-order chi connectivity index (χ0) is 10.7. The molecular weight excluding hydrogens is 182 g/mol. The number of aryl methyl sites for hydroxylation is 1. The van der Waals surface area contributed by atoms with Crippen LogP contribution in [-0.4, -0.2) is 26.7 Å². The van der Waals surface area contributed by atoms with Crippen LogP contribution in [0.3, 0.4) is 0 Å². The van der Waals surface area contributed by atoms with Gasteiger partial charge in [0.05, 0.1) is 18.2 Å². The van der Waals surface area contributed by atoms with Crippen molar-refractivity contribution in [3.05, 3.63) is 18.2 Å². The molecule has 1 aromatic rings. The fourth-order valence-electron chi connectivity index (χ4n) is 1.26. The number of nitrogens with zero attached hydrogens (tertiary/aromatic N) is 2. The second-order valence-corrected chi connectivity index (χ2v) is 3.52. The largest absolute Gasteiger partial charge is 0.480 e. The first-order chi connectivity index (χ1) is 6.52. The molecule has 5 heteroatoms. The highest BCUT2D eigenvalue weighted by atomic mass is 16.4. The Morgan fingerprint density at radius 1 is 1.64 bits per heavy atom. The molecule has 78 valence electrons. The number of carboxylic acids is 1. The SMILES string of the molecule is CC(C)NC(C(=O)O)c1cncn1C. The molecule has 0 bridgehead atoms. The van der Waals surface area contributed by atoms with E-state index < -0.39 is 12.0 Å². The van der Waals surface area contributed by atoms with Crippen molar-refractivity contribution in [1.29, 1.82) is 0 Å². The maximum absolute atomic E-state index is 11.0. The number of nitrogens with one attached hydrogen (secondary N) is 1. The van der Waals surface area contributed by atoms with Crippen molar-refractivity contribution in [3.8, 4) is 0 Å². The number of imidazole rings is 1. The third-order valence-corrected chi connectivity index (χ3v) is 1.90. The molecule has 1 heterocycles. The summed E-state index contributed by atoms with van der Waals surface area (Å²) in [4.78, 5) is 14.9. The van der Waals surface area contributed by atoms with E-state index in [2.05, 4.69) is 10.3 Å². The summed E-state index contributed by atoms with van der Waals surface area (Å²) in [6.07, 6.45) is 3.15. The minimum absolute atomic E-state index is 0.117. The van der Waals surface area contributed by atoms with E-state index in [1.807, 2.05) is 13.8 Å². The number of aromatic nitrogens is 2. The molecule has 5 nitrogen and oxygen atoms in total. The van der Waals surface area contributed by atoms with Gasteiger partial charge in [-0.25, -0.2) is 4.98 Å². The van der Waals surface area contributed by atoms with Crippen LogP contribution in [0.4, 0.5) is 0 Å². The summed E-state index contributed by atoms with van der Waals surface area (Å²) < 4.78 is 1.70. The van der Waals surface area contributed by atoms with E-state index in [4.69, 9.17) is 5.11 Å². The van der Waals surface area contributed by atoms with Crippen molar-refractivity contribution in [1.82, 2.24) is 14.9 Å². The molecule has 0 saturated heterocycles. The van der Waals surface area contributed by atoms with Crippen LogP contribution in [0.5, 0.6) is 0 Å². The summed E-state index contributed by atoms with van der Waals surface area (Å²) in [5, 5.41) is 12.0. The maximum Gasteiger partial charge on any atom is 0.326 e.